The van der Waals surface area contributed by atoms with Crippen molar-refractivity contribution in [2.45, 2.75) is 55.8 Å². The van der Waals surface area contributed by atoms with Gasteiger partial charge in [0.15, 0.2) is 5.16 Å². The van der Waals surface area contributed by atoms with Crippen LogP contribution < -0.4 is 5.32 Å². The van der Waals surface area contributed by atoms with Crippen molar-refractivity contribution in [2.75, 3.05) is 0 Å². The van der Waals surface area contributed by atoms with Crippen LogP contribution in [0.2, 0.25) is 0 Å². The molecule has 0 spiro atoms. The largest absolute Gasteiger partial charge is 0.392 e. The highest BCUT2D eigenvalue weighted by Gasteiger charge is 2.20. The van der Waals surface area contributed by atoms with Crippen LogP contribution in [0, 0.1) is 0 Å². The van der Waals surface area contributed by atoms with Gasteiger partial charge in [-0.05, 0) is 19.8 Å². The highest BCUT2D eigenvalue weighted by molar-refractivity contribution is 7.99. The molecular formula is C12H19N3OS. The van der Waals surface area contributed by atoms with E-state index in [1.54, 1.807) is 6.92 Å². The van der Waals surface area contributed by atoms with Crippen LogP contribution in [0.1, 0.15) is 32.3 Å². The third kappa shape index (κ3) is 4.26. The predicted octanol–water partition coefficient (Wildman–Crippen LogP) is 1.59. The summed E-state index contributed by atoms with van der Waals surface area (Å²) in [5.74, 6) is 0. The zero-order valence-electron chi connectivity index (χ0n) is 10.3. The van der Waals surface area contributed by atoms with Gasteiger partial charge in [-0.2, -0.15) is 0 Å². The van der Waals surface area contributed by atoms with Gasteiger partial charge in [0, 0.05) is 35.8 Å². The van der Waals surface area contributed by atoms with E-state index in [0.29, 0.717) is 6.04 Å². The number of rotatable bonds is 6. The summed E-state index contributed by atoms with van der Waals surface area (Å²) in [5, 5.41) is 13.7. The first-order valence-electron chi connectivity index (χ1n) is 6.04. The number of nitrogens with zero attached hydrogens (tertiary/aromatic N) is 2. The second-order valence-corrected chi connectivity index (χ2v) is 5.94. The second kappa shape index (κ2) is 5.80. The summed E-state index contributed by atoms with van der Waals surface area (Å²) in [6.07, 6.45) is 5.96. The number of hydrogen-bond donors (Lipinski definition) is 2. The molecular weight excluding hydrogens is 234 g/mol. The molecule has 0 aliphatic heterocycles. The molecule has 1 aromatic rings. The zero-order chi connectivity index (χ0) is 12.3. The van der Waals surface area contributed by atoms with Crippen LogP contribution in [0.15, 0.2) is 17.6 Å². The van der Waals surface area contributed by atoms with Crippen LogP contribution in [0.25, 0.3) is 0 Å². The van der Waals surface area contributed by atoms with E-state index in [2.05, 4.69) is 15.3 Å². The number of aliphatic hydroxyl groups is 1. The van der Waals surface area contributed by atoms with Crippen LogP contribution >= 0.6 is 11.8 Å². The monoisotopic (exact) mass is 253 g/mol. The average molecular weight is 253 g/mol. The summed E-state index contributed by atoms with van der Waals surface area (Å²) in [6.45, 7) is 4.61. The Labute approximate surface area is 106 Å². The van der Waals surface area contributed by atoms with Crippen LogP contribution in [0.4, 0.5) is 0 Å². The van der Waals surface area contributed by atoms with E-state index in [4.69, 9.17) is 0 Å². The molecule has 2 rings (SSSR count). The minimum atomic E-state index is -0.347. The van der Waals surface area contributed by atoms with Crippen molar-refractivity contribution in [1.82, 2.24) is 15.3 Å². The van der Waals surface area contributed by atoms with Gasteiger partial charge in [-0.3, -0.25) is 0 Å². The maximum absolute atomic E-state index is 9.40. The zero-order valence-corrected chi connectivity index (χ0v) is 11.1. The van der Waals surface area contributed by atoms with Crippen molar-refractivity contribution < 1.29 is 5.11 Å². The Bertz CT molecular complexity index is 351. The van der Waals surface area contributed by atoms with Crippen LogP contribution in [-0.4, -0.2) is 32.5 Å². The lowest BCUT2D eigenvalue weighted by molar-refractivity contribution is 0.196. The molecule has 0 saturated heterocycles. The lowest BCUT2D eigenvalue weighted by Gasteiger charge is -2.12. The van der Waals surface area contributed by atoms with E-state index >= 15 is 0 Å². The highest BCUT2D eigenvalue weighted by Crippen LogP contribution is 2.22. The van der Waals surface area contributed by atoms with Gasteiger partial charge < -0.3 is 10.4 Å². The van der Waals surface area contributed by atoms with E-state index in [9.17, 15) is 5.11 Å². The summed E-state index contributed by atoms with van der Waals surface area (Å²) in [5.41, 5.74) is 1.12. The quantitative estimate of drug-likeness (QED) is 0.595. The molecule has 17 heavy (non-hydrogen) atoms. The fraction of sp³-hybridized carbons (Fsp3) is 0.667. The van der Waals surface area contributed by atoms with Gasteiger partial charge in [-0.25, -0.2) is 9.97 Å². The summed E-state index contributed by atoms with van der Waals surface area (Å²) in [6, 6.07) is 0.708. The van der Waals surface area contributed by atoms with E-state index < -0.39 is 0 Å². The number of aromatic nitrogens is 2. The SMILES string of the molecule is CC(O)C(C)Sc1ncc(CNC2CC2)cn1. The van der Waals surface area contributed by atoms with E-state index in [1.165, 1.54) is 24.6 Å². The molecule has 4 nitrogen and oxygen atoms in total. The van der Waals surface area contributed by atoms with Crippen molar-refractivity contribution in [3.05, 3.63) is 18.0 Å². The number of hydrogen-bond acceptors (Lipinski definition) is 5. The fourth-order valence-corrected chi connectivity index (χ4v) is 2.07. The fourth-order valence-electron chi connectivity index (χ4n) is 1.31. The molecule has 2 unspecified atom stereocenters. The smallest absolute Gasteiger partial charge is 0.187 e. The molecule has 2 N–H and O–H groups in total. The molecule has 5 heteroatoms. The molecule has 0 aromatic carbocycles. The number of thioether (sulfide) groups is 1. The molecule has 0 radical (unpaired) electrons. The summed E-state index contributed by atoms with van der Waals surface area (Å²) in [7, 11) is 0. The van der Waals surface area contributed by atoms with Crippen molar-refractivity contribution in [3.63, 3.8) is 0 Å². The van der Waals surface area contributed by atoms with Gasteiger partial charge in [0.05, 0.1) is 6.10 Å². The minimum absolute atomic E-state index is 0.116. The lowest BCUT2D eigenvalue weighted by Crippen LogP contribution is -2.16. The Morgan fingerprint density at radius 2 is 2.06 bits per heavy atom. The maximum atomic E-state index is 9.40. The molecule has 1 saturated carbocycles. The van der Waals surface area contributed by atoms with Crippen molar-refractivity contribution in [3.8, 4) is 0 Å². The Hall–Kier alpha value is -0.650. The summed E-state index contributed by atoms with van der Waals surface area (Å²) in [4.78, 5) is 8.60. The van der Waals surface area contributed by atoms with Crippen molar-refractivity contribution in [1.29, 1.82) is 0 Å². The molecule has 94 valence electrons. The van der Waals surface area contributed by atoms with Gasteiger partial charge in [0.1, 0.15) is 0 Å². The molecule has 1 heterocycles. The van der Waals surface area contributed by atoms with Gasteiger partial charge in [0.25, 0.3) is 0 Å². The first-order valence-corrected chi connectivity index (χ1v) is 6.92. The summed E-state index contributed by atoms with van der Waals surface area (Å²) >= 11 is 1.50. The van der Waals surface area contributed by atoms with E-state index in [-0.39, 0.29) is 11.4 Å². The second-order valence-electron chi connectivity index (χ2n) is 4.59. The first kappa shape index (κ1) is 12.8. The standard InChI is InChI=1S/C12H19N3OS/c1-8(16)9(2)17-12-14-6-10(7-15-12)5-13-11-3-4-11/h6-9,11,13,16H,3-5H2,1-2H3. The molecule has 0 amide bonds. The van der Waals surface area contributed by atoms with Crippen LogP contribution in [0.3, 0.4) is 0 Å². The summed E-state index contributed by atoms with van der Waals surface area (Å²) < 4.78 is 0. The Balaban J connectivity index is 1.83. The van der Waals surface area contributed by atoms with Gasteiger partial charge in [0.2, 0.25) is 0 Å². The van der Waals surface area contributed by atoms with Crippen molar-refractivity contribution in [2.24, 2.45) is 0 Å². The Morgan fingerprint density at radius 3 is 2.59 bits per heavy atom. The van der Waals surface area contributed by atoms with Gasteiger partial charge in [-0.15, -0.1) is 0 Å². The van der Waals surface area contributed by atoms with Gasteiger partial charge in [-0.1, -0.05) is 18.7 Å². The van der Waals surface area contributed by atoms with E-state index in [0.717, 1.165) is 17.3 Å². The third-order valence-corrected chi connectivity index (χ3v) is 4.01. The Morgan fingerprint density at radius 1 is 1.41 bits per heavy atom. The highest BCUT2D eigenvalue weighted by atomic mass is 32.2. The van der Waals surface area contributed by atoms with Crippen molar-refractivity contribution >= 4 is 11.8 Å². The molecule has 1 aliphatic carbocycles. The van der Waals surface area contributed by atoms with Gasteiger partial charge >= 0.3 is 0 Å². The molecule has 1 aromatic heterocycles. The van der Waals surface area contributed by atoms with Crippen LogP contribution in [0.5, 0.6) is 0 Å². The first-order chi connectivity index (χ1) is 8.15. The number of nitrogens with one attached hydrogen (secondary N) is 1. The molecule has 2 atom stereocenters. The predicted molar refractivity (Wildman–Crippen MR) is 68.9 cm³/mol. The third-order valence-electron chi connectivity index (χ3n) is 2.82. The topological polar surface area (TPSA) is 58.0 Å². The Kier molecular flexibility index (Phi) is 4.36. The minimum Gasteiger partial charge on any atom is -0.392 e. The molecule has 0 bridgehead atoms. The van der Waals surface area contributed by atoms with Crippen LogP contribution in [-0.2, 0) is 6.54 Å². The van der Waals surface area contributed by atoms with E-state index in [1.807, 2.05) is 19.3 Å². The molecule has 1 fully saturated rings. The lowest BCUT2D eigenvalue weighted by atomic mass is 10.3. The average Bonchev–Trinajstić information content (AvgIpc) is 3.12. The molecule has 1 aliphatic rings. The number of aliphatic hydroxyl groups excluding tert-OH is 1. The maximum Gasteiger partial charge on any atom is 0.187 e. The normalized spacial score (nSPS) is 19.0.